The van der Waals surface area contributed by atoms with E-state index in [9.17, 15) is 4.79 Å². The molecule has 0 heterocycles. The van der Waals surface area contributed by atoms with Crippen molar-refractivity contribution in [2.24, 2.45) is 5.92 Å². The van der Waals surface area contributed by atoms with Crippen LogP contribution in [0.25, 0.3) is 0 Å². The molecule has 0 saturated carbocycles. The Morgan fingerprint density at radius 1 is 1.13 bits per heavy atom. The van der Waals surface area contributed by atoms with Crippen LogP contribution in [0, 0.1) is 18.8 Å². The third kappa shape index (κ3) is 5.74. The molecule has 1 atom stereocenters. The van der Waals surface area contributed by atoms with E-state index in [-0.39, 0.29) is 29.0 Å². The van der Waals surface area contributed by atoms with Gasteiger partial charge in [-0.1, -0.05) is 42.5 Å². The van der Waals surface area contributed by atoms with Crippen molar-refractivity contribution < 1.29 is 31.3 Å². The van der Waals surface area contributed by atoms with Crippen molar-refractivity contribution in [3.8, 4) is 0 Å². The van der Waals surface area contributed by atoms with Crippen molar-refractivity contribution in [1.29, 1.82) is 0 Å². The van der Waals surface area contributed by atoms with Gasteiger partial charge in [-0.2, -0.15) is 0 Å². The summed E-state index contributed by atoms with van der Waals surface area (Å²) in [5, 5.41) is 0. The first-order valence-electron chi connectivity index (χ1n) is 7.17. The van der Waals surface area contributed by atoms with Crippen LogP contribution in [0.3, 0.4) is 0 Å². The number of esters is 1. The monoisotopic (exact) mass is 352 g/mol. The topological polar surface area (TPSA) is 35.5 Å². The number of rotatable bonds is 3. The first kappa shape index (κ1) is 19.3. The average Bonchev–Trinajstić information content (AvgIpc) is 3.28. The number of hydrogen-bond donors (Lipinski definition) is 0. The second-order valence-electron chi connectivity index (χ2n) is 4.92. The second-order valence-corrected chi connectivity index (χ2v) is 4.92. The molecule has 1 unspecified atom stereocenters. The summed E-state index contributed by atoms with van der Waals surface area (Å²) in [7, 11) is 2.99. The fourth-order valence-corrected chi connectivity index (χ4v) is 2.39. The maximum absolute atomic E-state index is 11.2. The third-order valence-electron chi connectivity index (χ3n) is 3.49. The zero-order valence-corrected chi connectivity index (χ0v) is 14.3. The quantitative estimate of drug-likeness (QED) is 0.442. The smallest absolute Gasteiger partial charge is 0.330 e. The van der Waals surface area contributed by atoms with Crippen LogP contribution in [0.2, 0.25) is 0 Å². The van der Waals surface area contributed by atoms with Gasteiger partial charge in [0, 0.05) is 47.5 Å². The molecule has 3 aliphatic rings. The Hall–Kier alpha value is -1.77. The molecular formula is C19H20FeO3. The molecule has 0 aromatic carbocycles. The van der Waals surface area contributed by atoms with Crippen molar-refractivity contribution in [2.75, 3.05) is 14.2 Å². The molecule has 0 fully saturated rings. The SMILES string of the molecule is COC(=O)/C=C1\CC(C2=C[CH]C=C2)C=C1OC.[CH]1C=CC=C1.[Fe]. The van der Waals surface area contributed by atoms with Gasteiger partial charge in [0.05, 0.1) is 14.2 Å². The summed E-state index contributed by atoms with van der Waals surface area (Å²) in [5.74, 6) is 0.712. The Morgan fingerprint density at radius 3 is 2.35 bits per heavy atom. The molecule has 0 aromatic heterocycles. The normalized spacial score (nSPS) is 22.2. The predicted octanol–water partition coefficient (Wildman–Crippen LogP) is 3.65. The molecule has 23 heavy (non-hydrogen) atoms. The minimum atomic E-state index is -0.342. The molecule has 4 heteroatoms. The number of hydrogen-bond acceptors (Lipinski definition) is 3. The van der Waals surface area contributed by atoms with Crippen molar-refractivity contribution in [2.45, 2.75) is 6.42 Å². The van der Waals surface area contributed by atoms with E-state index >= 15 is 0 Å². The van der Waals surface area contributed by atoms with Crippen LogP contribution in [0.15, 0.2) is 71.6 Å². The first-order chi connectivity index (χ1) is 10.7. The molecule has 0 aromatic rings. The number of methoxy groups -OCH3 is 2. The van der Waals surface area contributed by atoms with E-state index in [2.05, 4.69) is 16.9 Å². The average molecular weight is 352 g/mol. The van der Waals surface area contributed by atoms with Crippen LogP contribution in [0.4, 0.5) is 0 Å². The van der Waals surface area contributed by atoms with Crippen LogP contribution in [-0.2, 0) is 31.3 Å². The van der Waals surface area contributed by atoms with Crippen molar-refractivity contribution in [3.05, 3.63) is 84.4 Å². The number of ether oxygens (including phenoxy) is 2. The first-order valence-corrected chi connectivity index (χ1v) is 7.17. The molecule has 2 radical (unpaired) electrons. The van der Waals surface area contributed by atoms with Crippen molar-refractivity contribution in [3.63, 3.8) is 0 Å². The van der Waals surface area contributed by atoms with Crippen LogP contribution in [0.5, 0.6) is 0 Å². The zero-order chi connectivity index (χ0) is 15.8. The van der Waals surface area contributed by atoms with E-state index in [0.717, 1.165) is 17.8 Å². The minimum Gasteiger partial charge on any atom is -0.497 e. The Balaban J connectivity index is 0.000000377. The maximum Gasteiger partial charge on any atom is 0.330 e. The van der Waals surface area contributed by atoms with Crippen molar-refractivity contribution >= 4 is 5.97 Å². The van der Waals surface area contributed by atoms with Gasteiger partial charge in [0.25, 0.3) is 0 Å². The summed E-state index contributed by atoms with van der Waals surface area (Å²) in [6.07, 6.45) is 22.5. The van der Waals surface area contributed by atoms with Crippen molar-refractivity contribution in [1.82, 2.24) is 0 Å². The van der Waals surface area contributed by atoms with Gasteiger partial charge >= 0.3 is 5.97 Å². The molecular weight excluding hydrogens is 332 g/mol. The standard InChI is InChI=1S/C14H15O3.C5H5.Fe/c1-16-13-8-11(10-5-3-4-6-10)7-12(13)9-14(15)17-2;1-2-4-5-3-1;/h3-6,8-9,11H,7H2,1-2H3;1-5H;/b12-9+;;. The van der Waals surface area contributed by atoms with Gasteiger partial charge in [0.15, 0.2) is 0 Å². The van der Waals surface area contributed by atoms with E-state index in [1.807, 2.05) is 49.3 Å². The van der Waals surface area contributed by atoms with E-state index < -0.39 is 0 Å². The molecule has 3 aliphatic carbocycles. The van der Waals surface area contributed by atoms with Gasteiger partial charge in [-0.05, 0) is 18.1 Å². The van der Waals surface area contributed by atoms with Gasteiger partial charge in [0.2, 0.25) is 0 Å². The van der Waals surface area contributed by atoms with Gasteiger partial charge in [-0.25, -0.2) is 4.79 Å². The largest absolute Gasteiger partial charge is 0.497 e. The summed E-state index contributed by atoms with van der Waals surface area (Å²) in [6, 6.07) is 0. The summed E-state index contributed by atoms with van der Waals surface area (Å²) in [6.45, 7) is 0. The Morgan fingerprint density at radius 2 is 1.87 bits per heavy atom. The van der Waals surface area contributed by atoms with E-state index in [0.29, 0.717) is 0 Å². The molecule has 0 saturated heterocycles. The molecule has 0 aliphatic heterocycles. The fraction of sp³-hybridized carbons (Fsp3) is 0.211. The molecule has 3 rings (SSSR count). The minimum absolute atomic E-state index is 0. The van der Waals surface area contributed by atoms with E-state index in [1.165, 1.54) is 18.8 Å². The van der Waals surface area contributed by atoms with Gasteiger partial charge < -0.3 is 9.47 Å². The third-order valence-corrected chi connectivity index (χ3v) is 3.49. The van der Waals surface area contributed by atoms with Crippen LogP contribution < -0.4 is 0 Å². The summed E-state index contributed by atoms with van der Waals surface area (Å²) in [5.41, 5.74) is 2.14. The summed E-state index contributed by atoms with van der Waals surface area (Å²) >= 11 is 0. The van der Waals surface area contributed by atoms with E-state index in [1.54, 1.807) is 7.11 Å². The van der Waals surface area contributed by atoms with Gasteiger partial charge in [-0.15, -0.1) is 0 Å². The molecule has 0 N–H and O–H groups in total. The zero-order valence-electron chi connectivity index (χ0n) is 13.2. The number of carbonyl (C=O) groups is 1. The molecule has 122 valence electrons. The van der Waals surface area contributed by atoms with Crippen LogP contribution in [-0.4, -0.2) is 20.2 Å². The molecule has 0 amide bonds. The number of allylic oxidation sites excluding steroid dienone is 10. The van der Waals surface area contributed by atoms with E-state index in [4.69, 9.17) is 4.74 Å². The second kappa shape index (κ2) is 10.1. The predicted molar refractivity (Wildman–Crippen MR) is 87.4 cm³/mol. The van der Waals surface area contributed by atoms with Gasteiger partial charge in [-0.3, -0.25) is 0 Å². The molecule has 3 nitrogen and oxygen atoms in total. The maximum atomic E-state index is 11.2. The molecule has 0 bridgehead atoms. The number of carbonyl (C=O) groups excluding carboxylic acids is 1. The Kier molecular flexibility index (Phi) is 8.46. The Bertz CT molecular complexity index is 582. The summed E-state index contributed by atoms with van der Waals surface area (Å²) in [4.78, 5) is 11.2. The summed E-state index contributed by atoms with van der Waals surface area (Å²) < 4.78 is 9.92. The van der Waals surface area contributed by atoms with Crippen LogP contribution in [0.1, 0.15) is 6.42 Å². The fourth-order valence-electron chi connectivity index (χ4n) is 2.39. The van der Waals surface area contributed by atoms with Crippen LogP contribution >= 0.6 is 0 Å². The molecule has 0 spiro atoms. The van der Waals surface area contributed by atoms with Gasteiger partial charge in [0.1, 0.15) is 5.76 Å². The Labute approximate surface area is 148 Å².